The normalized spacial score (nSPS) is 10.9. The van der Waals surface area contributed by atoms with Gasteiger partial charge in [0.2, 0.25) is 11.9 Å². The highest BCUT2D eigenvalue weighted by Crippen LogP contribution is 2.24. The van der Waals surface area contributed by atoms with Gasteiger partial charge < -0.3 is 15.1 Å². The van der Waals surface area contributed by atoms with Gasteiger partial charge in [-0.1, -0.05) is 29.5 Å². The van der Waals surface area contributed by atoms with Crippen LogP contribution >= 0.6 is 0 Å². The van der Waals surface area contributed by atoms with Crippen LogP contribution in [-0.2, 0) is 11.3 Å². The predicted octanol–water partition coefficient (Wildman–Crippen LogP) is 3.25. The maximum atomic E-state index is 11.2. The zero-order valence-corrected chi connectivity index (χ0v) is 17.1. The molecular formula is C22H18N8O2. The predicted molar refractivity (Wildman–Crippen MR) is 117 cm³/mol. The number of amides is 1. The van der Waals surface area contributed by atoms with Crippen LogP contribution < -0.4 is 10.6 Å². The molecule has 0 aliphatic rings. The second-order valence-electron chi connectivity index (χ2n) is 7.05. The van der Waals surface area contributed by atoms with Crippen molar-refractivity contribution >= 4 is 28.7 Å². The lowest BCUT2D eigenvalue weighted by Gasteiger charge is -2.08. The average Bonchev–Trinajstić information content (AvgIpc) is 3.48. The molecule has 0 aliphatic heterocycles. The van der Waals surface area contributed by atoms with Crippen molar-refractivity contribution in [2.75, 3.05) is 5.32 Å². The maximum absolute atomic E-state index is 11.2. The minimum Gasteiger partial charge on any atom is -0.444 e. The Balaban J connectivity index is 1.44. The van der Waals surface area contributed by atoms with Crippen molar-refractivity contribution < 1.29 is 9.21 Å². The number of hydrogen-bond acceptors (Lipinski definition) is 8. The number of nitrogens with zero attached hydrogens (tertiary/aromatic N) is 6. The summed E-state index contributed by atoms with van der Waals surface area (Å²) in [4.78, 5) is 24.1. The maximum Gasteiger partial charge on any atom is 0.229 e. The third kappa shape index (κ3) is 4.01. The fourth-order valence-corrected chi connectivity index (χ4v) is 3.22. The summed E-state index contributed by atoms with van der Waals surface area (Å²) in [5.74, 6) is 0.994. The van der Waals surface area contributed by atoms with Gasteiger partial charge in [-0.2, -0.15) is 9.67 Å². The van der Waals surface area contributed by atoms with Gasteiger partial charge in [0.1, 0.15) is 0 Å². The van der Waals surface area contributed by atoms with E-state index in [0.717, 1.165) is 22.5 Å². The molecule has 158 valence electrons. The van der Waals surface area contributed by atoms with Crippen LogP contribution in [0.4, 0.5) is 11.6 Å². The van der Waals surface area contributed by atoms with E-state index in [1.54, 1.807) is 17.1 Å². The van der Waals surface area contributed by atoms with Gasteiger partial charge in [-0.15, -0.1) is 5.10 Å². The second-order valence-corrected chi connectivity index (χ2v) is 7.05. The number of aromatic nitrogens is 6. The van der Waals surface area contributed by atoms with Crippen molar-refractivity contribution in [1.82, 2.24) is 35.3 Å². The molecule has 5 rings (SSSR count). The number of carbonyl (C=O) groups excluding carboxylic acids is 1. The third-order valence-electron chi connectivity index (χ3n) is 4.72. The fourth-order valence-electron chi connectivity index (χ4n) is 3.22. The highest BCUT2D eigenvalue weighted by Gasteiger charge is 2.11. The molecule has 0 unspecified atom stereocenters. The van der Waals surface area contributed by atoms with E-state index >= 15 is 0 Å². The first-order valence-electron chi connectivity index (χ1n) is 9.84. The molecule has 0 atom stereocenters. The van der Waals surface area contributed by atoms with Gasteiger partial charge in [0, 0.05) is 24.7 Å². The molecule has 5 aromatic rings. The fraction of sp³-hybridized carbons (Fsp3) is 0.0909. The van der Waals surface area contributed by atoms with E-state index in [9.17, 15) is 4.79 Å². The number of fused-ring (bicyclic) bond motifs is 1. The number of anilines is 2. The molecule has 2 N–H and O–H groups in total. The number of nitrogens with one attached hydrogen (secondary N) is 2. The smallest absolute Gasteiger partial charge is 0.229 e. The molecule has 3 aromatic heterocycles. The van der Waals surface area contributed by atoms with Crippen LogP contribution in [0.15, 0.2) is 71.7 Å². The Morgan fingerprint density at radius 3 is 2.88 bits per heavy atom. The highest BCUT2D eigenvalue weighted by molar-refractivity contribution is 5.74. The zero-order valence-electron chi connectivity index (χ0n) is 17.1. The topological polar surface area (TPSA) is 124 Å². The van der Waals surface area contributed by atoms with Crippen LogP contribution in [0, 0.1) is 0 Å². The van der Waals surface area contributed by atoms with Gasteiger partial charge in [0.15, 0.2) is 23.3 Å². The van der Waals surface area contributed by atoms with Crippen molar-refractivity contribution in [3.63, 3.8) is 0 Å². The molecular weight excluding hydrogens is 408 g/mol. The molecule has 3 heterocycles. The van der Waals surface area contributed by atoms with Crippen LogP contribution in [0.25, 0.3) is 28.2 Å². The minimum atomic E-state index is -0.0857. The first kappa shape index (κ1) is 19.4. The molecule has 0 aliphatic carbocycles. The van der Waals surface area contributed by atoms with E-state index in [4.69, 9.17) is 4.42 Å². The lowest BCUT2D eigenvalue weighted by Crippen LogP contribution is -2.18. The summed E-state index contributed by atoms with van der Waals surface area (Å²) in [6, 6.07) is 15.3. The van der Waals surface area contributed by atoms with Gasteiger partial charge in [-0.05, 0) is 29.8 Å². The van der Waals surface area contributed by atoms with Crippen molar-refractivity contribution in [2.45, 2.75) is 13.5 Å². The molecule has 10 nitrogen and oxygen atoms in total. The van der Waals surface area contributed by atoms with E-state index in [2.05, 4.69) is 35.9 Å². The monoisotopic (exact) mass is 426 g/mol. The van der Waals surface area contributed by atoms with Gasteiger partial charge >= 0.3 is 0 Å². The Hall–Kier alpha value is -4.60. The lowest BCUT2D eigenvalue weighted by molar-refractivity contribution is -0.119. The van der Waals surface area contributed by atoms with Crippen LogP contribution in [0.5, 0.6) is 0 Å². The summed E-state index contributed by atoms with van der Waals surface area (Å²) in [7, 11) is 0. The summed E-state index contributed by atoms with van der Waals surface area (Å²) in [6.07, 6.45) is 4.67. The molecule has 0 radical (unpaired) electrons. The number of hydrogen-bond donors (Lipinski definition) is 2. The largest absolute Gasteiger partial charge is 0.444 e. The molecule has 0 bridgehead atoms. The summed E-state index contributed by atoms with van der Waals surface area (Å²) in [5, 5.41) is 14.4. The van der Waals surface area contributed by atoms with Crippen LogP contribution in [0.2, 0.25) is 0 Å². The molecule has 0 saturated carbocycles. The molecule has 0 spiro atoms. The first-order valence-corrected chi connectivity index (χ1v) is 9.84. The Labute approximate surface area is 182 Å². The third-order valence-corrected chi connectivity index (χ3v) is 4.72. The number of rotatable bonds is 6. The van der Waals surface area contributed by atoms with Crippen LogP contribution in [-0.4, -0.2) is 35.9 Å². The summed E-state index contributed by atoms with van der Waals surface area (Å²) in [6.45, 7) is 1.92. The molecule has 10 heteroatoms. The number of carbonyl (C=O) groups is 1. The van der Waals surface area contributed by atoms with Crippen molar-refractivity contribution in [3.05, 3.63) is 72.9 Å². The average molecular weight is 426 g/mol. The lowest BCUT2D eigenvalue weighted by atomic mass is 10.1. The van der Waals surface area contributed by atoms with Crippen molar-refractivity contribution in [2.24, 2.45) is 0 Å². The summed E-state index contributed by atoms with van der Waals surface area (Å²) in [5.41, 5.74) is 4.54. The Morgan fingerprint density at radius 1 is 1.12 bits per heavy atom. The van der Waals surface area contributed by atoms with Gasteiger partial charge in [-0.3, -0.25) is 4.79 Å². The number of benzene rings is 2. The second kappa shape index (κ2) is 8.26. The number of oxazole rings is 1. The van der Waals surface area contributed by atoms with Crippen LogP contribution in [0.3, 0.4) is 0 Å². The van der Waals surface area contributed by atoms with Gasteiger partial charge in [0.25, 0.3) is 0 Å². The van der Waals surface area contributed by atoms with Gasteiger partial charge in [-0.25, -0.2) is 9.97 Å². The Bertz CT molecular complexity index is 1390. The quantitative estimate of drug-likeness (QED) is 0.424. The molecule has 32 heavy (non-hydrogen) atoms. The van der Waals surface area contributed by atoms with E-state index in [-0.39, 0.29) is 5.91 Å². The Kier molecular flexibility index (Phi) is 5.00. The highest BCUT2D eigenvalue weighted by atomic mass is 16.3. The molecule has 2 aromatic carbocycles. The van der Waals surface area contributed by atoms with Gasteiger partial charge in [0.05, 0.1) is 18.1 Å². The van der Waals surface area contributed by atoms with E-state index in [1.165, 1.54) is 13.3 Å². The van der Waals surface area contributed by atoms with Crippen LogP contribution in [0.1, 0.15) is 12.5 Å². The minimum absolute atomic E-state index is 0.0857. The Morgan fingerprint density at radius 2 is 2.03 bits per heavy atom. The van der Waals surface area contributed by atoms with E-state index in [0.29, 0.717) is 29.4 Å². The molecule has 1 amide bonds. The summed E-state index contributed by atoms with van der Waals surface area (Å²) >= 11 is 0. The van der Waals surface area contributed by atoms with Crippen molar-refractivity contribution in [1.29, 1.82) is 0 Å². The van der Waals surface area contributed by atoms with E-state index < -0.39 is 0 Å². The first-order chi connectivity index (χ1) is 15.7. The van der Waals surface area contributed by atoms with Crippen molar-refractivity contribution in [3.8, 4) is 17.0 Å². The molecule has 0 fully saturated rings. The summed E-state index contributed by atoms with van der Waals surface area (Å²) < 4.78 is 7.01. The molecule has 0 saturated heterocycles. The SMILES string of the molecule is CC(=O)NCc1cccc(-n2nnc3cnc(Nc4cccc(-c5cnco5)c4)nc32)c1. The van der Waals surface area contributed by atoms with E-state index in [1.807, 2.05) is 48.5 Å². The zero-order chi connectivity index (χ0) is 21.9. The standard InChI is InChI=1S/C22H18N8O2/c1-14(31)24-10-15-4-2-7-18(8-15)30-21-19(28-29-30)11-25-22(27-21)26-17-6-3-5-16(9-17)20-12-23-13-32-20/h2-9,11-13H,10H2,1H3,(H,24,31)(H,25,26,27).